The lowest BCUT2D eigenvalue weighted by Crippen LogP contribution is -2.50. The number of carbonyl (C=O) groups excluding carboxylic acids is 1. The molecule has 0 bridgehead atoms. The molecule has 1 aromatic heterocycles. The van der Waals surface area contributed by atoms with Gasteiger partial charge in [-0.1, -0.05) is 56.4 Å². The molecule has 0 spiro atoms. The number of rotatable bonds is 7. The fraction of sp³-hybridized carbons (Fsp3) is 0.714. The predicted octanol–water partition coefficient (Wildman–Crippen LogP) is 4.29. The van der Waals surface area contributed by atoms with Crippen LogP contribution in [0, 0.1) is 11.3 Å². The molecule has 2 aliphatic rings. The first kappa shape index (κ1) is 20.9. The van der Waals surface area contributed by atoms with Crippen LogP contribution in [-0.2, 0) is 11.3 Å². The van der Waals surface area contributed by atoms with Crippen LogP contribution in [0.5, 0.6) is 0 Å². The van der Waals surface area contributed by atoms with Crippen LogP contribution in [0.1, 0.15) is 76.0 Å². The maximum absolute atomic E-state index is 12.8. The molecule has 1 amide bonds. The fourth-order valence-corrected chi connectivity index (χ4v) is 5.36. The number of hydrogen-bond donors (Lipinski definition) is 0. The smallest absolute Gasteiger partial charge is 0.234 e. The van der Waals surface area contributed by atoms with Gasteiger partial charge in [0.1, 0.15) is 11.4 Å². The minimum atomic E-state index is -0.641. The normalized spacial score (nSPS) is 19.7. The molecule has 0 saturated heterocycles. The third-order valence-corrected chi connectivity index (χ3v) is 7.21. The Morgan fingerprint density at radius 1 is 1.29 bits per heavy atom. The highest BCUT2D eigenvalue weighted by Crippen LogP contribution is 2.35. The molecule has 6 nitrogen and oxygen atoms in total. The molecular formula is C21H31N5OS. The van der Waals surface area contributed by atoms with Gasteiger partial charge in [0, 0.05) is 19.5 Å². The zero-order chi connectivity index (χ0) is 20.0. The molecule has 1 heterocycles. The molecule has 0 atom stereocenters. The first-order valence-corrected chi connectivity index (χ1v) is 11.4. The van der Waals surface area contributed by atoms with Crippen molar-refractivity contribution >= 4 is 17.7 Å². The van der Waals surface area contributed by atoms with E-state index in [0.717, 1.165) is 55.9 Å². The van der Waals surface area contributed by atoms with Gasteiger partial charge >= 0.3 is 0 Å². The fourth-order valence-electron chi connectivity index (χ4n) is 4.49. The molecule has 0 aliphatic heterocycles. The van der Waals surface area contributed by atoms with E-state index in [1.807, 2.05) is 6.08 Å². The highest BCUT2D eigenvalue weighted by Gasteiger charge is 2.38. The van der Waals surface area contributed by atoms with E-state index in [4.69, 9.17) is 0 Å². The van der Waals surface area contributed by atoms with E-state index in [2.05, 4.69) is 27.4 Å². The molecule has 7 heteroatoms. The average Bonchev–Trinajstić information content (AvgIpc) is 3.15. The highest BCUT2D eigenvalue weighted by atomic mass is 32.2. The van der Waals surface area contributed by atoms with Gasteiger partial charge in [0.25, 0.3) is 0 Å². The summed E-state index contributed by atoms with van der Waals surface area (Å²) in [5, 5.41) is 19.3. The van der Waals surface area contributed by atoms with E-state index in [1.54, 1.807) is 11.9 Å². The summed E-state index contributed by atoms with van der Waals surface area (Å²) in [6.45, 7) is 4.53. The summed E-state index contributed by atoms with van der Waals surface area (Å²) in [5.74, 6) is 1.75. The first-order valence-electron chi connectivity index (χ1n) is 10.5. The van der Waals surface area contributed by atoms with Gasteiger partial charge in [-0.25, -0.2) is 0 Å². The van der Waals surface area contributed by atoms with Crippen molar-refractivity contribution in [3.63, 3.8) is 0 Å². The first-order chi connectivity index (χ1) is 13.6. The van der Waals surface area contributed by atoms with Gasteiger partial charge in [0.05, 0.1) is 11.8 Å². The van der Waals surface area contributed by atoms with Crippen LogP contribution < -0.4 is 0 Å². The van der Waals surface area contributed by atoms with E-state index < -0.39 is 5.54 Å². The van der Waals surface area contributed by atoms with Crippen LogP contribution in [0.2, 0.25) is 0 Å². The van der Waals surface area contributed by atoms with Crippen molar-refractivity contribution < 1.29 is 4.79 Å². The molecule has 2 saturated carbocycles. The SMILES string of the molecule is C=CCn1c(SCC(=O)N(C)C2(C#N)CCCCC2)nnc1C1CCCCC1. The second-order valence-electron chi connectivity index (χ2n) is 8.02. The summed E-state index contributed by atoms with van der Waals surface area (Å²) in [4.78, 5) is 14.5. The molecule has 28 heavy (non-hydrogen) atoms. The van der Waals surface area contributed by atoms with Crippen molar-refractivity contribution in [3.05, 3.63) is 18.5 Å². The summed E-state index contributed by atoms with van der Waals surface area (Å²) >= 11 is 1.42. The van der Waals surface area contributed by atoms with Crippen LogP contribution in [0.15, 0.2) is 17.8 Å². The molecule has 2 aliphatic carbocycles. The molecule has 0 aromatic carbocycles. The molecule has 0 unspecified atom stereocenters. The minimum Gasteiger partial charge on any atom is -0.326 e. The van der Waals surface area contributed by atoms with Gasteiger partial charge < -0.3 is 9.47 Å². The van der Waals surface area contributed by atoms with Gasteiger partial charge in [-0.2, -0.15) is 5.26 Å². The van der Waals surface area contributed by atoms with Crippen LogP contribution in [0.3, 0.4) is 0 Å². The Hall–Kier alpha value is -1.81. The lowest BCUT2D eigenvalue weighted by Gasteiger charge is -2.39. The topological polar surface area (TPSA) is 74.8 Å². The Labute approximate surface area is 172 Å². The Morgan fingerprint density at radius 2 is 1.96 bits per heavy atom. The van der Waals surface area contributed by atoms with E-state index in [0.29, 0.717) is 12.5 Å². The standard InChI is InChI=1S/C21H31N5OS/c1-3-14-26-19(17-10-6-4-7-11-17)23-24-20(26)28-15-18(27)25(2)21(16-22)12-8-5-9-13-21/h3,17H,1,4-15H2,2H3. The molecule has 1 aromatic rings. The summed E-state index contributed by atoms with van der Waals surface area (Å²) < 4.78 is 2.11. The van der Waals surface area contributed by atoms with Crippen molar-refractivity contribution in [1.82, 2.24) is 19.7 Å². The molecule has 0 N–H and O–H groups in total. The Kier molecular flexibility index (Phi) is 7.17. The number of thioether (sulfide) groups is 1. The summed E-state index contributed by atoms with van der Waals surface area (Å²) in [5.41, 5.74) is -0.641. The van der Waals surface area contributed by atoms with Crippen molar-refractivity contribution in [3.8, 4) is 6.07 Å². The predicted molar refractivity (Wildman–Crippen MR) is 111 cm³/mol. The maximum Gasteiger partial charge on any atom is 0.234 e. The van der Waals surface area contributed by atoms with E-state index in [9.17, 15) is 10.1 Å². The largest absolute Gasteiger partial charge is 0.326 e. The second kappa shape index (κ2) is 9.60. The van der Waals surface area contributed by atoms with Crippen molar-refractivity contribution in [2.24, 2.45) is 0 Å². The lowest BCUT2D eigenvalue weighted by molar-refractivity contribution is -0.131. The van der Waals surface area contributed by atoms with Crippen molar-refractivity contribution in [1.29, 1.82) is 5.26 Å². The molecule has 152 valence electrons. The van der Waals surface area contributed by atoms with Crippen LogP contribution in [0.4, 0.5) is 0 Å². The number of allylic oxidation sites excluding steroid dienone is 1. The van der Waals surface area contributed by atoms with Crippen molar-refractivity contribution in [2.45, 2.75) is 87.4 Å². The van der Waals surface area contributed by atoms with E-state index >= 15 is 0 Å². The number of carbonyl (C=O) groups is 1. The van der Waals surface area contributed by atoms with Gasteiger partial charge in [0.15, 0.2) is 5.16 Å². The number of nitrogens with zero attached hydrogens (tertiary/aromatic N) is 5. The van der Waals surface area contributed by atoms with E-state index in [-0.39, 0.29) is 11.7 Å². The maximum atomic E-state index is 12.8. The van der Waals surface area contributed by atoms with Crippen LogP contribution in [-0.4, -0.2) is 43.9 Å². The lowest BCUT2D eigenvalue weighted by atomic mass is 9.81. The second-order valence-corrected chi connectivity index (χ2v) is 8.96. The van der Waals surface area contributed by atoms with Crippen molar-refractivity contribution in [2.75, 3.05) is 12.8 Å². The van der Waals surface area contributed by atoms with Gasteiger partial charge in [0.2, 0.25) is 5.91 Å². The Bertz CT molecular complexity index is 726. The highest BCUT2D eigenvalue weighted by molar-refractivity contribution is 7.99. The Morgan fingerprint density at radius 3 is 2.61 bits per heavy atom. The zero-order valence-electron chi connectivity index (χ0n) is 16.9. The van der Waals surface area contributed by atoms with E-state index in [1.165, 1.54) is 31.0 Å². The van der Waals surface area contributed by atoms with Crippen LogP contribution in [0.25, 0.3) is 0 Å². The number of aromatic nitrogens is 3. The molecule has 2 fully saturated rings. The minimum absolute atomic E-state index is 0.0131. The number of hydrogen-bond acceptors (Lipinski definition) is 5. The molecule has 0 radical (unpaired) electrons. The summed E-state index contributed by atoms with van der Waals surface area (Å²) in [7, 11) is 1.78. The van der Waals surface area contributed by atoms with Gasteiger partial charge in [-0.05, 0) is 25.7 Å². The summed E-state index contributed by atoms with van der Waals surface area (Å²) in [6, 6.07) is 2.42. The monoisotopic (exact) mass is 401 g/mol. The molecular weight excluding hydrogens is 370 g/mol. The third kappa shape index (κ3) is 4.43. The summed E-state index contributed by atoms with van der Waals surface area (Å²) in [6.07, 6.45) is 12.7. The molecule has 3 rings (SSSR count). The number of amides is 1. The average molecular weight is 402 g/mol. The third-order valence-electron chi connectivity index (χ3n) is 6.26. The number of nitriles is 1. The zero-order valence-corrected chi connectivity index (χ0v) is 17.7. The van der Waals surface area contributed by atoms with Crippen LogP contribution >= 0.6 is 11.8 Å². The van der Waals surface area contributed by atoms with Gasteiger partial charge in [-0.15, -0.1) is 16.8 Å². The quantitative estimate of drug-likeness (QED) is 0.503. The Balaban J connectivity index is 1.68. The van der Waals surface area contributed by atoms with Gasteiger partial charge in [-0.3, -0.25) is 4.79 Å².